The summed E-state index contributed by atoms with van der Waals surface area (Å²) < 4.78 is 0. The highest BCUT2D eigenvalue weighted by Gasteiger charge is 2.11. The van der Waals surface area contributed by atoms with E-state index in [2.05, 4.69) is 20.8 Å². The van der Waals surface area contributed by atoms with E-state index in [9.17, 15) is 5.11 Å². The minimum absolute atomic E-state index is 0.182. The monoisotopic (exact) mass is 179 g/mol. The predicted octanol–water partition coefficient (Wildman–Crippen LogP) is 2.56. The first-order valence-electron chi connectivity index (χ1n) is 4.46. The van der Waals surface area contributed by atoms with E-state index in [0.717, 1.165) is 12.0 Å². The van der Waals surface area contributed by atoms with Gasteiger partial charge in [0.1, 0.15) is 5.75 Å². The molecule has 0 amide bonds. The maximum absolute atomic E-state index is 9.37. The van der Waals surface area contributed by atoms with Gasteiger partial charge in [0, 0.05) is 0 Å². The SMILES string of the molecule is CC(C)(C)Cc1ccc(N)c(O)c1. The quantitative estimate of drug-likeness (QED) is 0.514. The summed E-state index contributed by atoms with van der Waals surface area (Å²) >= 11 is 0. The molecule has 0 aliphatic carbocycles. The first-order valence-corrected chi connectivity index (χ1v) is 4.46. The fraction of sp³-hybridized carbons (Fsp3) is 0.455. The Kier molecular flexibility index (Phi) is 2.50. The van der Waals surface area contributed by atoms with Crippen LogP contribution in [0.15, 0.2) is 18.2 Å². The van der Waals surface area contributed by atoms with E-state index in [4.69, 9.17) is 5.73 Å². The second-order valence-corrected chi connectivity index (χ2v) is 4.63. The molecule has 2 nitrogen and oxygen atoms in total. The average molecular weight is 179 g/mol. The molecule has 3 N–H and O–H groups in total. The van der Waals surface area contributed by atoms with Crippen LogP contribution in [0.1, 0.15) is 26.3 Å². The maximum Gasteiger partial charge on any atom is 0.138 e. The maximum atomic E-state index is 9.37. The molecule has 1 rings (SSSR count). The zero-order valence-electron chi connectivity index (χ0n) is 8.46. The molecule has 13 heavy (non-hydrogen) atoms. The van der Waals surface area contributed by atoms with Gasteiger partial charge < -0.3 is 10.8 Å². The van der Waals surface area contributed by atoms with Crippen LogP contribution in [0.25, 0.3) is 0 Å². The zero-order chi connectivity index (χ0) is 10.1. The van der Waals surface area contributed by atoms with Crippen LogP contribution in [-0.4, -0.2) is 5.11 Å². The number of nitrogens with two attached hydrogens (primary N) is 1. The van der Waals surface area contributed by atoms with Gasteiger partial charge in [-0.1, -0.05) is 26.8 Å². The van der Waals surface area contributed by atoms with Crippen molar-refractivity contribution in [1.82, 2.24) is 0 Å². The third-order valence-electron chi connectivity index (χ3n) is 1.83. The van der Waals surface area contributed by atoms with Crippen molar-refractivity contribution in [3.63, 3.8) is 0 Å². The lowest BCUT2D eigenvalue weighted by Gasteiger charge is -2.18. The van der Waals surface area contributed by atoms with Crippen LogP contribution in [0.4, 0.5) is 5.69 Å². The molecule has 72 valence electrons. The highest BCUT2D eigenvalue weighted by molar-refractivity contribution is 5.52. The van der Waals surface area contributed by atoms with Gasteiger partial charge in [-0.05, 0) is 29.5 Å². The average Bonchev–Trinajstić information content (AvgIpc) is 1.94. The number of rotatable bonds is 1. The van der Waals surface area contributed by atoms with E-state index in [-0.39, 0.29) is 11.2 Å². The van der Waals surface area contributed by atoms with Crippen LogP contribution >= 0.6 is 0 Å². The second kappa shape index (κ2) is 3.29. The smallest absolute Gasteiger partial charge is 0.138 e. The Morgan fingerprint density at radius 2 is 1.92 bits per heavy atom. The van der Waals surface area contributed by atoms with Gasteiger partial charge in [0.15, 0.2) is 0 Å². The molecule has 1 aromatic carbocycles. The molecule has 0 saturated carbocycles. The van der Waals surface area contributed by atoms with Crippen molar-refractivity contribution in [2.45, 2.75) is 27.2 Å². The van der Waals surface area contributed by atoms with E-state index in [1.807, 2.05) is 6.07 Å². The number of hydrogen-bond donors (Lipinski definition) is 2. The summed E-state index contributed by atoms with van der Waals surface area (Å²) in [4.78, 5) is 0. The lowest BCUT2D eigenvalue weighted by Crippen LogP contribution is -2.09. The van der Waals surface area contributed by atoms with Crippen molar-refractivity contribution in [3.8, 4) is 5.75 Å². The molecular weight excluding hydrogens is 162 g/mol. The summed E-state index contributed by atoms with van der Waals surface area (Å²) in [6, 6.07) is 5.44. The molecule has 0 radical (unpaired) electrons. The number of anilines is 1. The molecule has 0 aliphatic rings. The Labute approximate surface area is 79.4 Å². The summed E-state index contributed by atoms with van der Waals surface area (Å²) in [6.07, 6.45) is 0.945. The van der Waals surface area contributed by atoms with E-state index in [0.29, 0.717) is 5.69 Å². The van der Waals surface area contributed by atoms with Crippen LogP contribution < -0.4 is 5.73 Å². The lowest BCUT2D eigenvalue weighted by atomic mass is 9.88. The molecule has 0 spiro atoms. The normalized spacial score (nSPS) is 11.6. The third kappa shape index (κ3) is 2.98. The molecule has 0 heterocycles. The molecule has 0 saturated heterocycles. The number of nitrogen functional groups attached to an aromatic ring is 1. The summed E-state index contributed by atoms with van der Waals surface area (Å²) in [5, 5.41) is 9.37. The van der Waals surface area contributed by atoms with Crippen molar-refractivity contribution in [2.75, 3.05) is 5.73 Å². The fourth-order valence-corrected chi connectivity index (χ4v) is 1.31. The van der Waals surface area contributed by atoms with Crippen molar-refractivity contribution in [1.29, 1.82) is 0 Å². The number of aromatic hydroxyl groups is 1. The summed E-state index contributed by atoms with van der Waals surface area (Å²) in [7, 11) is 0. The molecule has 0 bridgehead atoms. The van der Waals surface area contributed by atoms with E-state index >= 15 is 0 Å². The van der Waals surface area contributed by atoms with Crippen molar-refractivity contribution < 1.29 is 5.11 Å². The van der Waals surface area contributed by atoms with Gasteiger partial charge >= 0.3 is 0 Å². The molecular formula is C11H17NO. The molecule has 1 aromatic rings. The Morgan fingerprint density at radius 1 is 1.31 bits per heavy atom. The number of phenols is 1. The fourth-order valence-electron chi connectivity index (χ4n) is 1.31. The summed E-state index contributed by atoms with van der Waals surface area (Å²) in [6.45, 7) is 6.50. The van der Waals surface area contributed by atoms with Crippen LogP contribution in [0, 0.1) is 5.41 Å². The number of hydrogen-bond acceptors (Lipinski definition) is 2. The van der Waals surface area contributed by atoms with Crippen LogP contribution in [0.5, 0.6) is 5.75 Å². The van der Waals surface area contributed by atoms with E-state index in [1.165, 1.54) is 0 Å². The summed E-state index contributed by atoms with van der Waals surface area (Å²) in [5.41, 5.74) is 7.31. The van der Waals surface area contributed by atoms with Gasteiger partial charge in [0.2, 0.25) is 0 Å². The predicted molar refractivity (Wildman–Crippen MR) is 55.7 cm³/mol. The number of benzene rings is 1. The first-order chi connectivity index (χ1) is 5.88. The molecule has 2 heteroatoms. The number of phenolic OH excluding ortho intramolecular Hbond substituents is 1. The molecule has 0 unspecified atom stereocenters. The van der Waals surface area contributed by atoms with Crippen LogP contribution in [0.2, 0.25) is 0 Å². The van der Waals surface area contributed by atoms with Crippen molar-refractivity contribution in [3.05, 3.63) is 23.8 Å². The van der Waals surface area contributed by atoms with Crippen LogP contribution in [-0.2, 0) is 6.42 Å². The largest absolute Gasteiger partial charge is 0.506 e. The van der Waals surface area contributed by atoms with Gasteiger partial charge in [0.05, 0.1) is 5.69 Å². The minimum Gasteiger partial charge on any atom is -0.506 e. The van der Waals surface area contributed by atoms with Gasteiger partial charge in [-0.15, -0.1) is 0 Å². The van der Waals surface area contributed by atoms with Crippen molar-refractivity contribution in [2.24, 2.45) is 5.41 Å². The van der Waals surface area contributed by atoms with E-state index in [1.54, 1.807) is 12.1 Å². The van der Waals surface area contributed by atoms with Crippen LogP contribution in [0.3, 0.4) is 0 Å². The molecule has 0 aliphatic heterocycles. The highest BCUT2D eigenvalue weighted by Crippen LogP contribution is 2.26. The van der Waals surface area contributed by atoms with Gasteiger partial charge in [0.25, 0.3) is 0 Å². The van der Waals surface area contributed by atoms with Crippen molar-refractivity contribution >= 4 is 5.69 Å². The topological polar surface area (TPSA) is 46.2 Å². The van der Waals surface area contributed by atoms with E-state index < -0.39 is 0 Å². The summed E-state index contributed by atoms with van der Waals surface area (Å²) in [5.74, 6) is 0.182. The molecule has 0 fully saturated rings. The lowest BCUT2D eigenvalue weighted by molar-refractivity contribution is 0.409. The Bertz CT molecular complexity index is 299. The first kappa shape index (κ1) is 9.90. The second-order valence-electron chi connectivity index (χ2n) is 4.63. The highest BCUT2D eigenvalue weighted by atomic mass is 16.3. The Morgan fingerprint density at radius 3 is 2.38 bits per heavy atom. The van der Waals surface area contributed by atoms with Gasteiger partial charge in [-0.3, -0.25) is 0 Å². The molecule has 0 aromatic heterocycles. The Balaban J connectivity index is 2.86. The Hall–Kier alpha value is -1.18. The van der Waals surface area contributed by atoms with Gasteiger partial charge in [-0.25, -0.2) is 0 Å². The third-order valence-corrected chi connectivity index (χ3v) is 1.83. The zero-order valence-corrected chi connectivity index (χ0v) is 8.46. The molecule has 0 atom stereocenters. The minimum atomic E-state index is 0.182. The standard InChI is InChI=1S/C11H17NO/c1-11(2,3)7-8-4-5-9(12)10(13)6-8/h4-6,13H,7,12H2,1-3H3. The van der Waals surface area contributed by atoms with Gasteiger partial charge in [-0.2, -0.15) is 0 Å².